The summed E-state index contributed by atoms with van der Waals surface area (Å²) in [6.07, 6.45) is -4.05. The highest BCUT2D eigenvalue weighted by Crippen LogP contribution is 2.52. The number of benzene rings is 2. The van der Waals surface area contributed by atoms with E-state index in [9.17, 15) is 31.1 Å². The van der Waals surface area contributed by atoms with E-state index < -0.39 is 57.7 Å². The van der Waals surface area contributed by atoms with Gasteiger partial charge in [0.05, 0.1) is 29.8 Å². The molecular formula is C31H34ClF6N3O2. The Balaban J connectivity index is 0.00000423. The number of hydrogen-bond donors (Lipinski definition) is 2. The van der Waals surface area contributed by atoms with Crippen molar-refractivity contribution in [3.8, 4) is 5.75 Å². The summed E-state index contributed by atoms with van der Waals surface area (Å²) < 4.78 is 88.7. The number of alkyl halides is 6. The summed E-state index contributed by atoms with van der Waals surface area (Å²) in [5.41, 5.74) is -3.25. The molecule has 2 bridgehead atoms. The highest BCUT2D eigenvalue weighted by molar-refractivity contribution is 6.01. The minimum atomic E-state index is -5.08. The molecule has 1 fully saturated rings. The van der Waals surface area contributed by atoms with Crippen molar-refractivity contribution in [1.82, 2.24) is 15.5 Å². The minimum Gasteiger partial charge on any atom is -0.496 e. The molecule has 6 rings (SSSR count). The molecule has 2 aromatic rings. The normalized spacial score (nSPS) is 25.5. The average molecular weight is 630 g/mol. The van der Waals surface area contributed by atoms with Crippen LogP contribution in [0.1, 0.15) is 46.8 Å². The third-order valence-electron chi connectivity index (χ3n) is 8.85. The van der Waals surface area contributed by atoms with Crippen LogP contribution in [-0.2, 0) is 12.4 Å². The summed E-state index contributed by atoms with van der Waals surface area (Å²) in [7, 11) is 1.49. The van der Waals surface area contributed by atoms with Crippen molar-refractivity contribution < 1.29 is 35.9 Å². The third kappa shape index (κ3) is 6.22. The summed E-state index contributed by atoms with van der Waals surface area (Å²) in [5.74, 6) is -1.05. The molecule has 0 saturated carbocycles. The molecule has 0 spiro atoms. The quantitative estimate of drug-likeness (QED) is 0.215. The van der Waals surface area contributed by atoms with Crippen molar-refractivity contribution >= 4 is 18.2 Å². The fraction of sp³-hybridized carbons (Fsp3) is 0.452. The number of piperazine rings is 1. The number of carbonyl (C=O) groups is 1. The Morgan fingerprint density at radius 3 is 2.09 bits per heavy atom. The number of fused-ring (bicyclic) bond motifs is 1. The van der Waals surface area contributed by atoms with Crippen LogP contribution in [0.25, 0.3) is 0 Å². The second kappa shape index (κ2) is 11.9. The van der Waals surface area contributed by atoms with Crippen LogP contribution in [0.5, 0.6) is 5.75 Å². The Labute approximate surface area is 252 Å². The Kier molecular flexibility index (Phi) is 9.15. The van der Waals surface area contributed by atoms with Gasteiger partial charge >= 0.3 is 12.4 Å². The Hall–Kier alpha value is -2.86. The molecule has 0 aromatic heterocycles. The van der Waals surface area contributed by atoms with E-state index in [4.69, 9.17) is 4.74 Å². The first-order valence-corrected chi connectivity index (χ1v) is 13.8. The van der Waals surface area contributed by atoms with E-state index in [1.165, 1.54) is 7.11 Å². The zero-order chi connectivity index (χ0) is 30.5. The first-order valence-electron chi connectivity index (χ1n) is 13.8. The SMILES string of the molecule is COc1ccccc1C(C(C(=O)c1cc(C(F)(F)F)cc(C(F)(F)F)c1)N1CCNCC1)C12C=CC(C)(NC1)C(C)=C2.Cl. The summed E-state index contributed by atoms with van der Waals surface area (Å²) in [6, 6.07) is 7.14. The first-order chi connectivity index (χ1) is 19.7. The molecule has 1 aliphatic carbocycles. The van der Waals surface area contributed by atoms with Gasteiger partial charge in [-0.1, -0.05) is 42.0 Å². The molecule has 3 heterocycles. The zero-order valence-electron chi connectivity index (χ0n) is 23.9. The Morgan fingerprint density at radius 2 is 1.58 bits per heavy atom. The topological polar surface area (TPSA) is 53.6 Å². The maximum atomic E-state index is 14.6. The van der Waals surface area contributed by atoms with Crippen LogP contribution >= 0.6 is 12.4 Å². The van der Waals surface area contributed by atoms with Crippen molar-refractivity contribution in [2.24, 2.45) is 5.41 Å². The monoisotopic (exact) mass is 629 g/mol. The molecule has 3 aliphatic heterocycles. The van der Waals surface area contributed by atoms with Gasteiger partial charge in [0.15, 0.2) is 5.78 Å². The maximum Gasteiger partial charge on any atom is 0.416 e. The lowest BCUT2D eigenvalue weighted by atomic mass is 9.60. The lowest BCUT2D eigenvalue weighted by molar-refractivity contribution is -0.143. The lowest BCUT2D eigenvalue weighted by Crippen LogP contribution is -2.61. The number of hydrogen-bond acceptors (Lipinski definition) is 5. The van der Waals surface area contributed by atoms with E-state index in [0.717, 1.165) is 5.57 Å². The van der Waals surface area contributed by atoms with E-state index in [1.807, 2.05) is 37.0 Å². The van der Waals surface area contributed by atoms with Crippen molar-refractivity contribution in [1.29, 1.82) is 0 Å². The number of ether oxygens (including phenoxy) is 1. The van der Waals surface area contributed by atoms with Crippen LogP contribution < -0.4 is 15.4 Å². The van der Waals surface area contributed by atoms with Gasteiger partial charge in [0.2, 0.25) is 0 Å². The summed E-state index contributed by atoms with van der Waals surface area (Å²) >= 11 is 0. The van der Waals surface area contributed by atoms with Gasteiger partial charge in [-0.2, -0.15) is 26.3 Å². The van der Waals surface area contributed by atoms with Crippen molar-refractivity contribution in [3.05, 3.63) is 88.5 Å². The van der Waals surface area contributed by atoms with Crippen LogP contribution in [0.3, 0.4) is 0 Å². The zero-order valence-corrected chi connectivity index (χ0v) is 24.7. The number of halogens is 7. The minimum absolute atomic E-state index is 0. The summed E-state index contributed by atoms with van der Waals surface area (Å²) in [6.45, 7) is 6.16. The molecule has 5 nitrogen and oxygen atoms in total. The average Bonchev–Trinajstić information content (AvgIpc) is 2.96. The van der Waals surface area contributed by atoms with Crippen LogP contribution in [0, 0.1) is 5.41 Å². The van der Waals surface area contributed by atoms with Crippen molar-refractivity contribution in [2.75, 3.05) is 39.8 Å². The smallest absolute Gasteiger partial charge is 0.416 e. The predicted octanol–water partition coefficient (Wildman–Crippen LogP) is 6.26. The Bertz CT molecular complexity index is 1390. The second-order valence-corrected chi connectivity index (χ2v) is 11.4. The van der Waals surface area contributed by atoms with Crippen LogP contribution in [0.4, 0.5) is 26.3 Å². The number of nitrogens with zero attached hydrogens (tertiary/aromatic N) is 1. The number of para-hydroxylation sites is 1. The molecule has 12 heteroatoms. The number of ketones is 1. The van der Waals surface area contributed by atoms with Crippen molar-refractivity contribution in [3.63, 3.8) is 0 Å². The number of nitrogens with one attached hydrogen (secondary N) is 2. The third-order valence-corrected chi connectivity index (χ3v) is 8.85. The molecule has 1 saturated heterocycles. The number of carbonyl (C=O) groups excluding carboxylic acids is 1. The first kappa shape index (κ1) is 33.0. The molecule has 234 valence electrons. The van der Waals surface area contributed by atoms with Gasteiger partial charge in [0.1, 0.15) is 5.75 Å². The fourth-order valence-corrected chi connectivity index (χ4v) is 6.44. The van der Waals surface area contributed by atoms with E-state index >= 15 is 0 Å². The maximum absolute atomic E-state index is 14.6. The van der Waals surface area contributed by atoms with Gasteiger partial charge in [-0.25, -0.2) is 0 Å². The number of methoxy groups -OCH3 is 1. The highest BCUT2D eigenvalue weighted by Gasteiger charge is 2.52. The summed E-state index contributed by atoms with van der Waals surface area (Å²) in [5, 5.41) is 6.75. The predicted molar refractivity (Wildman–Crippen MR) is 154 cm³/mol. The number of Topliss-reactive ketones (excluding diaryl/α,β-unsaturated/α-hetero) is 1. The van der Waals surface area contributed by atoms with Gasteiger partial charge in [-0.05, 0) is 38.1 Å². The standard InChI is InChI=1S/C31H33F6N3O2.ClH/c1-19-17-29(9-8-28(19,2)39-18-29)25(23-6-4-5-7-24(23)42-3)26(40-12-10-38-11-13-40)27(41)20-14-21(30(32,33)34)16-22(15-20)31(35,36)37;/h4-9,14-17,25-26,38-39H,10-13,18H2,1-3H3;1H. The highest BCUT2D eigenvalue weighted by atomic mass is 35.5. The largest absolute Gasteiger partial charge is 0.496 e. The van der Waals surface area contributed by atoms with Gasteiger partial charge in [-0.15, -0.1) is 12.4 Å². The van der Waals surface area contributed by atoms with Crippen molar-refractivity contribution in [2.45, 2.75) is 43.7 Å². The molecule has 0 amide bonds. The van der Waals surface area contributed by atoms with Crippen LogP contribution in [-0.4, -0.2) is 62.1 Å². The molecule has 0 radical (unpaired) electrons. The Morgan fingerprint density at radius 1 is 0.977 bits per heavy atom. The van der Waals surface area contributed by atoms with E-state index in [0.29, 0.717) is 56.2 Å². The molecule has 2 N–H and O–H groups in total. The second-order valence-electron chi connectivity index (χ2n) is 11.4. The fourth-order valence-electron chi connectivity index (χ4n) is 6.44. The van der Waals surface area contributed by atoms with Gasteiger partial charge in [0, 0.05) is 55.2 Å². The van der Waals surface area contributed by atoms with Gasteiger partial charge < -0.3 is 15.4 Å². The van der Waals surface area contributed by atoms with Gasteiger partial charge in [0.25, 0.3) is 0 Å². The molecule has 4 atom stereocenters. The van der Waals surface area contributed by atoms with E-state index in [1.54, 1.807) is 18.2 Å². The molecule has 4 aliphatic rings. The lowest BCUT2D eigenvalue weighted by Gasteiger charge is -2.53. The summed E-state index contributed by atoms with van der Waals surface area (Å²) in [4.78, 5) is 16.4. The van der Waals surface area contributed by atoms with E-state index in [2.05, 4.69) is 16.7 Å². The number of rotatable bonds is 7. The van der Waals surface area contributed by atoms with E-state index in [-0.39, 0.29) is 18.5 Å². The van der Waals surface area contributed by atoms with Gasteiger partial charge in [-0.3, -0.25) is 9.69 Å². The molecular weight excluding hydrogens is 596 g/mol. The molecule has 4 unspecified atom stereocenters. The molecule has 2 aromatic carbocycles. The van der Waals surface area contributed by atoms with Crippen LogP contribution in [0.15, 0.2) is 66.3 Å². The van der Waals surface area contributed by atoms with Crippen LogP contribution in [0.2, 0.25) is 0 Å². The molecule has 43 heavy (non-hydrogen) atoms.